The zero-order chi connectivity index (χ0) is 22.9. The monoisotopic (exact) mass is 442 g/mol. The van der Waals surface area contributed by atoms with Gasteiger partial charge >= 0.3 is 0 Å². The Kier molecular flexibility index (Phi) is 7.41. The Morgan fingerprint density at radius 1 is 0.667 bits per heavy atom. The fraction of sp³-hybridized carbons (Fsp3) is 0.480. The normalized spacial score (nSPS) is 12.4. The van der Waals surface area contributed by atoms with Crippen molar-refractivity contribution in [1.29, 1.82) is 0 Å². The van der Waals surface area contributed by atoms with Gasteiger partial charge in [-0.2, -0.15) is 0 Å². The Bertz CT molecular complexity index is 830. The predicted octanol–water partition coefficient (Wildman–Crippen LogP) is 6.24. The molecule has 0 bridgehead atoms. The summed E-state index contributed by atoms with van der Waals surface area (Å²) in [7, 11) is -2.82. The smallest absolute Gasteiger partial charge is 0.229 e. The van der Waals surface area contributed by atoms with E-state index in [1.165, 1.54) is 0 Å². The van der Waals surface area contributed by atoms with Gasteiger partial charge in [-0.1, -0.05) is 65.8 Å². The van der Waals surface area contributed by atoms with Crippen LogP contribution in [0.2, 0.25) is 26.2 Å². The van der Waals surface area contributed by atoms with Gasteiger partial charge in [0, 0.05) is 0 Å². The molecule has 164 valence electrons. The topological polar surface area (TPSA) is 35.5 Å². The van der Waals surface area contributed by atoms with Crippen LogP contribution in [-0.2, 0) is 10.8 Å². The molecular weight excluding hydrogens is 404 g/mol. The van der Waals surface area contributed by atoms with E-state index in [1.807, 2.05) is 24.3 Å². The molecule has 0 saturated heterocycles. The van der Waals surface area contributed by atoms with E-state index in [-0.39, 0.29) is 16.6 Å². The average Bonchev–Trinajstić information content (AvgIpc) is 2.58. The molecule has 0 amide bonds. The first-order valence-electron chi connectivity index (χ1n) is 10.9. The highest BCUT2D eigenvalue weighted by Gasteiger charge is 2.29. The fourth-order valence-electron chi connectivity index (χ4n) is 3.48. The van der Waals surface area contributed by atoms with Gasteiger partial charge in [-0.05, 0) is 60.3 Å². The molecular formula is C25H38O3Si2. The Hall–Kier alpha value is -1.86. The molecule has 0 saturated carbocycles. The van der Waals surface area contributed by atoms with Crippen molar-refractivity contribution in [2.45, 2.75) is 78.6 Å². The number of benzene rings is 2. The minimum Gasteiger partial charge on any atom is -0.546 e. The summed E-state index contributed by atoms with van der Waals surface area (Å²) >= 11 is 0. The first-order valence-corrected chi connectivity index (χ1v) is 16.4. The highest BCUT2D eigenvalue weighted by Crippen LogP contribution is 2.39. The van der Waals surface area contributed by atoms with E-state index in [9.17, 15) is 4.79 Å². The van der Waals surface area contributed by atoms with Crippen molar-refractivity contribution in [1.82, 2.24) is 0 Å². The largest absolute Gasteiger partial charge is 0.546 e. The van der Waals surface area contributed by atoms with Crippen LogP contribution in [-0.4, -0.2) is 23.9 Å². The fourth-order valence-corrected chi connectivity index (χ4v) is 4.93. The first kappa shape index (κ1) is 24.4. The lowest BCUT2D eigenvalue weighted by Gasteiger charge is -2.28. The molecule has 0 fully saturated rings. The predicted molar refractivity (Wildman–Crippen MR) is 133 cm³/mol. The second-order valence-corrected chi connectivity index (χ2v) is 15.2. The molecule has 0 radical (unpaired) electrons. The minimum absolute atomic E-state index is 0.0264. The van der Waals surface area contributed by atoms with Crippen molar-refractivity contribution in [3.8, 4) is 11.5 Å². The molecule has 0 aliphatic carbocycles. The van der Waals surface area contributed by atoms with E-state index in [4.69, 9.17) is 8.85 Å². The number of hydrogen-bond donors (Lipinski definition) is 0. The van der Waals surface area contributed by atoms with E-state index in [0.29, 0.717) is 11.1 Å². The lowest BCUT2D eigenvalue weighted by molar-refractivity contribution is 0.103. The van der Waals surface area contributed by atoms with Gasteiger partial charge in [0.1, 0.15) is 11.5 Å². The summed E-state index contributed by atoms with van der Waals surface area (Å²) in [6.07, 6.45) is 0. The van der Waals surface area contributed by atoms with Gasteiger partial charge in [-0.25, -0.2) is 0 Å². The quantitative estimate of drug-likeness (QED) is 0.392. The zero-order valence-corrected chi connectivity index (χ0v) is 22.7. The number of hydrogen-bond acceptors (Lipinski definition) is 3. The van der Waals surface area contributed by atoms with Crippen molar-refractivity contribution >= 4 is 23.9 Å². The maximum absolute atomic E-state index is 13.9. The van der Waals surface area contributed by atoms with Crippen LogP contribution in [0.15, 0.2) is 36.4 Å². The van der Waals surface area contributed by atoms with Gasteiger partial charge in [-0.3, -0.25) is 4.79 Å². The maximum Gasteiger partial charge on any atom is 0.229 e. The number of carbonyl (C=O) groups is 1. The SMILES string of the molecule is C[SiH](C)Oc1c(C(=O)c2cccc(C(C)(C)C)c2O[SiH](C)C)cccc1C(C)(C)C. The second kappa shape index (κ2) is 9.10. The van der Waals surface area contributed by atoms with Crippen LogP contribution in [0.1, 0.15) is 68.6 Å². The van der Waals surface area contributed by atoms with Crippen LogP contribution >= 0.6 is 0 Å². The zero-order valence-electron chi connectivity index (χ0n) is 20.3. The molecule has 0 N–H and O–H groups in total. The molecule has 3 nitrogen and oxygen atoms in total. The number of para-hydroxylation sites is 2. The van der Waals surface area contributed by atoms with Crippen molar-refractivity contribution < 1.29 is 13.6 Å². The summed E-state index contributed by atoms with van der Waals surface area (Å²) in [5.74, 6) is 1.46. The molecule has 2 aromatic rings. The lowest BCUT2D eigenvalue weighted by atomic mass is 9.82. The third-order valence-corrected chi connectivity index (χ3v) is 6.26. The maximum atomic E-state index is 13.9. The van der Waals surface area contributed by atoms with E-state index in [2.05, 4.69) is 79.9 Å². The van der Waals surface area contributed by atoms with Gasteiger partial charge in [-0.15, -0.1) is 0 Å². The first-order chi connectivity index (χ1) is 13.7. The van der Waals surface area contributed by atoms with E-state index < -0.39 is 18.1 Å². The van der Waals surface area contributed by atoms with Gasteiger partial charge in [0.15, 0.2) is 5.78 Å². The molecule has 30 heavy (non-hydrogen) atoms. The van der Waals surface area contributed by atoms with Crippen LogP contribution in [0.3, 0.4) is 0 Å². The van der Waals surface area contributed by atoms with Gasteiger partial charge < -0.3 is 8.85 Å². The Morgan fingerprint density at radius 3 is 1.27 bits per heavy atom. The van der Waals surface area contributed by atoms with Crippen molar-refractivity contribution in [2.24, 2.45) is 0 Å². The summed E-state index contributed by atoms with van der Waals surface area (Å²) in [4.78, 5) is 13.9. The molecule has 5 heteroatoms. The van der Waals surface area contributed by atoms with Gasteiger partial charge in [0.25, 0.3) is 0 Å². The second-order valence-electron chi connectivity index (χ2n) is 10.5. The van der Waals surface area contributed by atoms with Crippen LogP contribution in [0, 0.1) is 0 Å². The average molecular weight is 443 g/mol. The highest BCUT2D eigenvalue weighted by atomic mass is 28.3. The van der Waals surface area contributed by atoms with Crippen molar-refractivity contribution in [3.05, 3.63) is 58.7 Å². The third-order valence-electron chi connectivity index (χ3n) is 4.84. The lowest BCUT2D eigenvalue weighted by Crippen LogP contribution is -2.23. The standard InChI is InChI=1S/C25H38O3Si2/c1-24(2,3)19-15-11-13-17(22(19)27-29(7)8)21(26)18-14-12-16-20(25(4,5)6)23(18)28-30(9)10/h11-16,29-30H,1-10H3. The third kappa shape index (κ3) is 5.64. The number of rotatable bonds is 6. The molecule has 0 unspecified atom stereocenters. The Balaban J connectivity index is 2.75. The molecule has 0 atom stereocenters. The van der Waals surface area contributed by atoms with Crippen molar-refractivity contribution in [3.63, 3.8) is 0 Å². The van der Waals surface area contributed by atoms with Gasteiger partial charge in [0.2, 0.25) is 18.1 Å². The number of ketones is 1. The van der Waals surface area contributed by atoms with Crippen LogP contribution in [0.5, 0.6) is 11.5 Å². The van der Waals surface area contributed by atoms with Gasteiger partial charge in [0.05, 0.1) is 11.1 Å². The van der Waals surface area contributed by atoms with Crippen LogP contribution < -0.4 is 8.85 Å². The summed E-state index contributed by atoms with van der Waals surface area (Å²) in [6, 6.07) is 11.9. The van der Waals surface area contributed by atoms with Crippen LogP contribution in [0.4, 0.5) is 0 Å². The molecule has 2 rings (SSSR count). The van der Waals surface area contributed by atoms with E-state index in [1.54, 1.807) is 0 Å². The van der Waals surface area contributed by atoms with Crippen LogP contribution in [0.25, 0.3) is 0 Å². The highest BCUT2D eigenvalue weighted by molar-refractivity contribution is 6.50. The van der Waals surface area contributed by atoms with E-state index in [0.717, 1.165) is 22.6 Å². The Labute approximate surface area is 186 Å². The number of carbonyl (C=O) groups excluding carboxylic acids is 1. The molecule has 2 aromatic carbocycles. The molecule has 0 aromatic heterocycles. The molecule has 0 aliphatic heterocycles. The molecule has 0 heterocycles. The molecule has 0 spiro atoms. The summed E-state index contributed by atoms with van der Waals surface area (Å²) in [5.41, 5.74) is 3.16. The van der Waals surface area contributed by atoms with E-state index >= 15 is 0 Å². The summed E-state index contributed by atoms with van der Waals surface area (Å²) in [5, 5.41) is 0. The summed E-state index contributed by atoms with van der Waals surface area (Å²) in [6.45, 7) is 21.5. The molecule has 0 aliphatic rings. The minimum atomic E-state index is -1.41. The summed E-state index contributed by atoms with van der Waals surface area (Å²) < 4.78 is 12.7. The Morgan fingerprint density at radius 2 is 1.00 bits per heavy atom. The van der Waals surface area contributed by atoms with Crippen molar-refractivity contribution in [2.75, 3.05) is 0 Å².